The maximum absolute atomic E-state index is 12.7. The van der Waals surface area contributed by atoms with Crippen molar-refractivity contribution in [3.05, 3.63) is 0 Å². The van der Waals surface area contributed by atoms with Gasteiger partial charge in [-0.3, -0.25) is 19.2 Å². The van der Waals surface area contributed by atoms with E-state index in [2.05, 4.69) is 21.3 Å². The highest BCUT2D eigenvalue weighted by molar-refractivity contribution is 5.74. The van der Waals surface area contributed by atoms with Gasteiger partial charge in [0, 0.05) is 27.7 Å². The molecule has 0 aromatic rings. The van der Waals surface area contributed by atoms with E-state index in [1.54, 1.807) is 0 Å². The van der Waals surface area contributed by atoms with Gasteiger partial charge in [0.2, 0.25) is 23.6 Å². The molecule has 0 aromatic heterocycles. The first-order chi connectivity index (χ1) is 36.7. The quantitative estimate of drug-likeness (QED) is 0.0452. The van der Waals surface area contributed by atoms with Crippen molar-refractivity contribution in [3.63, 3.8) is 0 Å². The largest absolute Gasteiger partial charge is 0.394 e. The highest BCUT2D eigenvalue weighted by Gasteiger charge is 2.56. The Morgan fingerprint density at radius 2 is 0.897 bits per heavy atom. The zero-order chi connectivity index (χ0) is 58.2. The van der Waals surface area contributed by atoms with Gasteiger partial charge in [0.05, 0.1) is 51.8 Å². The van der Waals surface area contributed by atoms with E-state index < -0.39 is 241 Å². The van der Waals surface area contributed by atoms with E-state index in [1.807, 2.05) is 0 Å². The molecular formula is C44H76N4O30. The molecule has 0 unspecified atom stereocenters. The van der Waals surface area contributed by atoms with Gasteiger partial charge in [-0.25, -0.2) is 0 Å². The molecule has 5 fully saturated rings. The third kappa shape index (κ3) is 15.5. The first-order valence-electron chi connectivity index (χ1n) is 24.9. The monoisotopic (exact) mass is 1140 g/mol. The maximum Gasteiger partial charge on any atom is 0.217 e. The van der Waals surface area contributed by atoms with Crippen LogP contribution in [0.15, 0.2) is 0 Å². The van der Waals surface area contributed by atoms with Crippen molar-refractivity contribution in [1.82, 2.24) is 21.3 Å². The van der Waals surface area contributed by atoms with Crippen LogP contribution in [0, 0.1) is 0 Å². The van der Waals surface area contributed by atoms with Crippen LogP contribution in [-0.4, -0.2) is 323 Å². The Labute approximate surface area is 444 Å². The van der Waals surface area contributed by atoms with Gasteiger partial charge in [-0.2, -0.15) is 0 Å². The van der Waals surface area contributed by atoms with E-state index in [0.29, 0.717) is 0 Å². The van der Waals surface area contributed by atoms with Crippen LogP contribution < -0.4 is 21.3 Å². The first-order valence-corrected chi connectivity index (χ1v) is 24.9. The fourth-order valence-corrected chi connectivity index (χ4v) is 9.56. The van der Waals surface area contributed by atoms with Crippen LogP contribution in [0.5, 0.6) is 0 Å². The second-order valence-corrected chi connectivity index (χ2v) is 19.5. The number of amides is 4. The zero-order valence-corrected chi connectivity index (χ0v) is 42.9. The smallest absolute Gasteiger partial charge is 0.217 e. The summed E-state index contributed by atoms with van der Waals surface area (Å²) < 4.78 is 58.0. The summed E-state index contributed by atoms with van der Waals surface area (Å²) in [6.07, 6.45) is -46.0. The molecule has 5 aliphatic rings. The summed E-state index contributed by atoms with van der Waals surface area (Å²) in [6, 6.07) is -6.71. The number of carbonyl (C=O) groups excluding carboxylic acids is 4. The first kappa shape index (κ1) is 65.6. The SMILES string of the molecule is CC(=O)N[C@H]1[C@H](OC[C@@H](O)[C@H](O)[C@H](O[C@@H]2O[C@H](CO)[C@@H](O[C@@H]3O[C@H](CO)[C@H](O)[C@H](O)[C@H]3O[C@@H]3O[C@@H](C)[C@@H](O)[C@@H](O)[C@@H]3O)[C@H](O)[C@H]2NC(C)=O)[C@H](CO)NC(C)=O)O[C@H](CO)[C@@H](O[C@@H]2O[C@H](CO)[C@H](O)[C@H](O)[C@H]2NC(C)=O)[C@@H]1O. The van der Waals surface area contributed by atoms with Crippen molar-refractivity contribution in [2.75, 3.05) is 39.6 Å². The second kappa shape index (κ2) is 29.2. The summed E-state index contributed by atoms with van der Waals surface area (Å²) in [6.45, 7) is -0.507. The predicted octanol–water partition coefficient (Wildman–Crippen LogP) is -12.9. The Morgan fingerprint density at radius 1 is 0.462 bits per heavy atom. The van der Waals surface area contributed by atoms with Gasteiger partial charge in [0.15, 0.2) is 31.5 Å². The van der Waals surface area contributed by atoms with Crippen molar-refractivity contribution in [1.29, 1.82) is 0 Å². The number of rotatable bonds is 23. The molecule has 5 rings (SSSR count). The van der Waals surface area contributed by atoms with Crippen LogP contribution in [-0.2, 0) is 66.5 Å². The summed E-state index contributed by atoms with van der Waals surface area (Å²) in [4.78, 5) is 49.6. The van der Waals surface area contributed by atoms with Crippen molar-refractivity contribution >= 4 is 23.6 Å². The van der Waals surface area contributed by atoms with Crippen molar-refractivity contribution in [2.45, 2.75) is 212 Å². The van der Waals surface area contributed by atoms with Crippen molar-refractivity contribution in [2.24, 2.45) is 0 Å². The lowest BCUT2D eigenvalue weighted by Gasteiger charge is -2.49. The molecule has 0 bridgehead atoms. The molecule has 5 heterocycles. The van der Waals surface area contributed by atoms with Gasteiger partial charge in [-0.05, 0) is 6.92 Å². The molecule has 34 nitrogen and oxygen atoms in total. The average Bonchev–Trinajstić information content (AvgIpc) is 3.45. The van der Waals surface area contributed by atoms with Crippen LogP contribution in [0.4, 0.5) is 0 Å². The van der Waals surface area contributed by atoms with Crippen LogP contribution in [0.3, 0.4) is 0 Å². The van der Waals surface area contributed by atoms with Gasteiger partial charge in [0.25, 0.3) is 0 Å². The van der Waals surface area contributed by atoms with E-state index >= 15 is 0 Å². The number of aliphatic hydroxyl groups excluding tert-OH is 16. The molecule has 0 saturated carbocycles. The Bertz CT molecular complexity index is 1920. The minimum Gasteiger partial charge on any atom is -0.394 e. The molecular weight excluding hydrogens is 1060 g/mol. The van der Waals surface area contributed by atoms with E-state index in [1.165, 1.54) is 6.92 Å². The number of carbonyl (C=O) groups is 4. The molecule has 20 N–H and O–H groups in total. The molecule has 78 heavy (non-hydrogen) atoms. The summed E-state index contributed by atoms with van der Waals surface area (Å²) in [5.74, 6) is -3.23. The number of hydrogen-bond acceptors (Lipinski definition) is 30. The summed E-state index contributed by atoms with van der Waals surface area (Å²) in [7, 11) is 0. The predicted molar refractivity (Wildman–Crippen MR) is 246 cm³/mol. The zero-order valence-electron chi connectivity index (χ0n) is 42.9. The maximum atomic E-state index is 12.7. The number of ether oxygens (including phenoxy) is 10. The molecule has 5 saturated heterocycles. The highest BCUT2D eigenvalue weighted by Crippen LogP contribution is 2.35. The van der Waals surface area contributed by atoms with Gasteiger partial charge < -0.3 is 150 Å². The lowest BCUT2D eigenvalue weighted by atomic mass is 9.94. The van der Waals surface area contributed by atoms with Crippen LogP contribution in [0.2, 0.25) is 0 Å². The minimum absolute atomic E-state index is 0.723. The lowest BCUT2D eigenvalue weighted by Crippen LogP contribution is -2.69. The van der Waals surface area contributed by atoms with Crippen molar-refractivity contribution < 1.29 is 148 Å². The van der Waals surface area contributed by atoms with Gasteiger partial charge in [-0.15, -0.1) is 0 Å². The normalized spacial score (nSPS) is 42.9. The summed E-state index contributed by atoms with van der Waals surface area (Å²) >= 11 is 0. The van der Waals surface area contributed by atoms with Crippen LogP contribution in [0.1, 0.15) is 34.6 Å². The van der Waals surface area contributed by atoms with Crippen LogP contribution >= 0.6 is 0 Å². The van der Waals surface area contributed by atoms with E-state index in [4.69, 9.17) is 47.4 Å². The van der Waals surface area contributed by atoms with Gasteiger partial charge >= 0.3 is 0 Å². The summed E-state index contributed by atoms with van der Waals surface area (Å²) in [5.41, 5.74) is 0. The van der Waals surface area contributed by atoms with Gasteiger partial charge in [-0.1, -0.05) is 0 Å². The molecule has 0 radical (unpaired) electrons. The standard InChI is InChI=1S/C44H76N4O30/c1-12-26(59)33(66)35(68)43(70-12)78-39-34(67)29(62)20(8-51)72-44(39)77-38-22(10-53)74-42(25(32(38)65)48-16(5)57)75-36(17(6-49)45-13(2)54)27(60)18(58)11-69-40-24(47-15(4)56)31(64)37(21(9-52)73-40)76-41-23(46-14(3)55)30(63)28(61)19(7-50)71-41/h12,17-44,49-53,58-68H,6-11H2,1-5H3,(H,45,54)(H,46,55)(H,47,56)(H,48,57)/t12-,17-,18+,19+,20+,21+,22+,23+,24+,25+,26+,27-,28-,29-,30+,31+,32+,33+,34-,35-,36+,37+,38+,39+,40+,41-,42-,43-,44-/m0/s1. The Morgan fingerprint density at radius 3 is 1.38 bits per heavy atom. The third-order valence-electron chi connectivity index (χ3n) is 13.6. The minimum atomic E-state index is -2.31. The topological polar surface area (TPSA) is 532 Å². The van der Waals surface area contributed by atoms with E-state index in [-0.39, 0.29) is 0 Å². The molecule has 34 heteroatoms. The fraction of sp³-hybridized carbons (Fsp3) is 0.909. The molecule has 0 aliphatic carbocycles. The molecule has 452 valence electrons. The molecule has 29 atom stereocenters. The molecule has 0 aromatic carbocycles. The number of hydrogen-bond donors (Lipinski definition) is 20. The summed E-state index contributed by atoms with van der Waals surface area (Å²) in [5, 5.41) is 182. The molecule has 4 amide bonds. The number of aliphatic hydroxyl groups is 16. The Hall–Kier alpha value is -3.16. The van der Waals surface area contributed by atoms with Crippen molar-refractivity contribution in [3.8, 4) is 0 Å². The van der Waals surface area contributed by atoms with E-state index in [9.17, 15) is 101 Å². The molecule has 0 spiro atoms. The highest BCUT2D eigenvalue weighted by atomic mass is 16.8. The molecule has 5 aliphatic heterocycles. The number of nitrogens with one attached hydrogen (secondary N) is 4. The Balaban J connectivity index is 1.38. The second-order valence-electron chi connectivity index (χ2n) is 19.5. The fourth-order valence-electron chi connectivity index (χ4n) is 9.56. The Kier molecular flexibility index (Phi) is 24.6. The van der Waals surface area contributed by atoms with Gasteiger partial charge in [0.1, 0.15) is 134 Å². The third-order valence-corrected chi connectivity index (χ3v) is 13.6. The average molecular weight is 1140 g/mol. The van der Waals surface area contributed by atoms with E-state index in [0.717, 1.165) is 27.7 Å². The van der Waals surface area contributed by atoms with Crippen LogP contribution in [0.25, 0.3) is 0 Å². The lowest BCUT2D eigenvalue weighted by molar-refractivity contribution is -0.384.